The average molecular weight is 193 g/mol. The second-order valence-corrected chi connectivity index (χ2v) is 6.01. The molecule has 0 unspecified atom stereocenters. The van der Waals surface area contributed by atoms with Crippen molar-refractivity contribution in [1.29, 1.82) is 0 Å². The van der Waals surface area contributed by atoms with Gasteiger partial charge in [-0.3, -0.25) is 0 Å². The Labute approximate surface area is 73.2 Å². The molecule has 0 saturated heterocycles. The fraction of sp³-hybridized carbons (Fsp3) is 0.857. The van der Waals surface area contributed by atoms with Crippen molar-refractivity contribution < 1.29 is 13.6 Å². The third-order valence-electron chi connectivity index (χ3n) is 1.39. The molecular formula is C7H15NO3S. The Kier molecular flexibility index (Phi) is 3.26. The number of rotatable bonds is 2. The van der Waals surface area contributed by atoms with Crippen LogP contribution >= 0.6 is 0 Å². The van der Waals surface area contributed by atoms with Crippen molar-refractivity contribution in [2.24, 2.45) is 10.6 Å². The lowest BCUT2D eigenvalue weighted by molar-refractivity contribution is 0.310. The molecule has 0 aromatic heterocycles. The molecule has 0 bridgehead atoms. The molecule has 0 heterocycles. The Hall–Kier alpha value is -0.580. The van der Waals surface area contributed by atoms with Crippen molar-refractivity contribution in [3.63, 3.8) is 0 Å². The van der Waals surface area contributed by atoms with Crippen LogP contribution in [0, 0.1) is 5.41 Å². The van der Waals surface area contributed by atoms with Gasteiger partial charge in [-0.2, -0.15) is 0 Å². The highest BCUT2D eigenvalue weighted by atomic mass is 32.2. The van der Waals surface area contributed by atoms with Gasteiger partial charge in [-0.1, -0.05) is 25.9 Å². The van der Waals surface area contributed by atoms with Gasteiger partial charge in [0, 0.05) is 11.7 Å². The van der Waals surface area contributed by atoms with Gasteiger partial charge in [-0.05, 0) is 0 Å². The zero-order valence-electron chi connectivity index (χ0n) is 7.83. The summed E-state index contributed by atoms with van der Waals surface area (Å²) in [5.74, 6) is -0.188. The standard InChI is InChI=1S/C7H15NO3S/c1-7(2,3)6(8-9)5-12(4,10)11/h9H,5H2,1-4H3/b8-6+. The van der Waals surface area contributed by atoms with Gasteiger partial charge in [-0.15, -0.1) is 0 Å². The van der Waals surface area contributed by atoms with Crippen LogP contribution in [0.2, 0.25) is 0 Å². The molecule has 0 fully saturated rings. The molecule has 4 nitrogen and oxygen atoms in total. The van der Waals surface area contributed by atoms with E-state index in [1.807, 2.05) is 0 Å². The molecule has 0 amide bonds. The molecule has 0 spiro atoms. The van der Waals surface area contributed by atoms with Crippen molar-refractivity contribution in [3.8, 4) is 0 Å². The molecule has 0 rings (SSSR count). The minimum absolute atomic E-state index is 0.188. The Morgan fingerprint density at radius 2 is 1.83 bits per heavy atom. The number of hydrogen-bond acceptors (Lipinski definition) is 4. The van der Waals surface area contributed by atoms with Gasteiger partial charge in [0.15, 0.2) is 9.84 Å². The molecule has 0 aromatic rings. The molecule has 0 aliphatic rings. The predicted molar refractivity (Wildman–Crippen MR) is 48.4 cm³/mol. The third-order valence-corrected chi connectivity index (χ3v) is 2.18. The van der Waals surface area contributed by atoms with E-state index in [2.05, 4.69) is 5.16 Å². The van der Waals surface area contributed by atoms with Crippen molar-refractivity contribution in [1.82, 2.24) is 0 Å². The first-order chi connectivity index (χ1) is 5.17. The smallest absolute Gasteiger partial charge is 0.152 e. The highest BCUT2D eigenvalue weighted by molar-refractivity contribution is 7.91. The van der Waals surface area contributed by atoms with Gasteiger partial charge in [0.1, 0.15) is 0 Å². The van der Waals surface area contributed by atoms with Gasteiger partial charge in [0.25, 0.3) is 0 Å². The van der Waals surface area contributed by atoms with E-state index in [4.69, 9.17) is 5.21 Å². The highest BCUT2D eigenvalue weighted by Gasteiger charge is 2.23. The zero-order chi connectivity index (χ0) is 9.99. The van der Waals surface area contributed by atoms with Crippen LogP contribution in [0.5, 0.6) is 0 Å². The summed E-state index contributed by atoms with van der Waals surface area (Å²) in [7, 11) is -3.11. The van der Waals surface area contributed by atoms with Crippen molar-refractivity contribution in [3.05, 3.63) is 0 Å². The zero-order valence-corrected chi connectivity index (χ0v) is 8.64. The molecule has 5 heteroatoms. The number of sulfone groups is 1. The Morgan fingerprint density at radius 1 is 1.42 bits per heavy atom. The monoisotopic (exact) mass is 193 g/mol. The SMILES string of the molecule is CC(C)(C)/C(CS(C)(=O)=O)=N/O. The molecular weight excluding hydrogens is 178 g/mol. The van der Waals surface area contributed by atoms with E-state index in [1.165, 1.54) is 0 Å². The van der Waals surface area contributed by atoms with Crippen LogP contribution in [0.15, 0.2) is 5.16 Å². The van der Waals surface area contributed by atoms with Crippen LogP contribution in [0.1, 0.15) is 20.8 Å². The van der Waals surface area contributed by atoms with Crippen LogP contribution in [0.4, 0.5) is 0 Å². The quantitative estimate of drug-likeness (QED) is 0.402. The molecule has 0 aromatic carbocycles. The summed E-state index contributed by atoms with van der Waals surface area (Å²) < 4.78 is 21.7. The summed E-state index contributed by atoms with van der Waals surface area (Å²) in [6.07, 6.45) is 1.12. The molecule has 0 radical (unpaired) electrons. The second-order valence-electron chi connectivity index (χ2n) is 3.87. The molecule has 0 aliphatic carbocycles. The molecule has 12 heavy (non-hydrogen) atoms. The Bertz CT molecular complexity index is 272. The summed E-state index contributed by atoms with van der Waals surface area (Å²) in [5, 5.41) is 11.5. The van der Waals surface area contributed by atoms with E-state index >= 15 is 0 Å². The highest BCUT2D eigenvalue weighted by Crippen LogP contribution is 2.16. The van der Waals surface area contributed by atoms with Crippen LogP contribution in [0.3, 0.4) is 0 Å². The lowest BCUT2D eigenvalue weighted by Gasteiger charge is -2.18. The van der Waals surface area contributed by atoms with Crippen LogP contribution < -0.4 is 0 Å². The summed E-state index contributed by atoms with van der Waals surface area (Å²) in [6.45, 7) is 5.40. The van der Waals surface area contributed by atoms with E-state index in [1.54, 1.807) is 20.8 Å². The number of oxime groups is 1. The van der Waals surface area contributed by atoms with E-state index in [0.29, 0.717) is 0 Å². The van der Waals surface area contributed by atoms with Gasteiger partial charge in [0.05, 0.1) is 11.5 Å². The summed E-state index contributed by atoms with van der Waals surface area (Å²) >= 11 is 0. The maximum Gasteiger partial charge on any atom is 0.152 e. The first kappa shape index (κ1) is 11.4. The van der Waals surface area contributed by atoms with Gasteiger partial charge < -0.3 is 5.21 Å². The van der Waals surface area contributed by atoms with Gasteiger partial charge in [0.2, 0.25) is 0 Å². The van der Waals surface area contributed by atoms with E-state index in [0.717, 1.165) is 6.26 Å². The van der Waals surface area contributed by atoms with E-state index in [-0.39, 0.29) is 11.5 Å². The fourth-order valence-corrected chi connectivity index (χ4v) is 1.63. The fourth-order valence-electron chi connectivity index (χ4n) is 0.644. The van der Waals surface area contributed by atoms with E-state index in [9.17, 15) is 8.42 Å². The number of hydrogen-bond donors (Lipinski definition) is 1. The lowest BCUT2D eigenvalue weighted by Crippen LogP contribution is -2.27. The predicted octanol–water partition coefficient (Wildman–Crippen LogP) is 0.907. The topological polar surface area (TPSA) is 66.7 Å². The van der Waals surface area contributed by atoms with Crippen molar-refractivity contribution in [2.45, 2.75) is 20.8 Å². The van der Waals surface area contributed by atoms with Gasteiger partial charge in [-0.25, -0.2) is 8.42 Å². The maximum absolute atomic E-state index is 10.9. The minimum Gasteiger partial charge on any atom is -0.411 e. The molecule has 72 valence electrons. The van der Waals surface area contributed by atoms with Crippen LogP contribution in [-0.2, 0) is 9.84 Å². The second kappa shape index (κ2) is 3.43. The Balaban J connectivity index is 4.66. The lowest BCUT2D eigenvalue weighted by atomic mass is 9.91. The van der Waals surface area contributed by atoms with Gasteiger partial charge >= 0.3 is 0 Å². The van der Waals surface area contributed by atoms with E-state index < -0.39 is 15.3 Å². The third kappa shape index (κ3) is 4.33. The summed E-state index contributed by atoms with van der Waals surface area (Å²) in [5.41, 5.74) is -0.123. The number of nitrogens with zero attached hydrogens (tertiary/aromatic N) is 1. The van der Waals surface area contributed by atoms with Crippen molar-refractivity contribution in [2.75, 3.05) is 12.0 Å². The summed E-state index contributed by atoms with van der Waals surface area (Å²) in [4.78, 5) is 0. The molecule has 0 aliphatic heterocycles. The normalized spacial score (nSPS) is 14.8. The minimum atomic E-state index is -3.11. The van der Waals surface area contributed by atoms with Crippen molar-refractivity contribution >= 4 is 15.5 Å². The molecule has 0 saturated carbocycles. The Morgan fingerprint density at radius 3 is 1.92 bits per heavy atom. The first-order valence-electron chi connectivity index (χ1n) is 3.56. The largest absolute Gasteiger partial charge is 0.411 e. The van der Waals surface area contributed by atoms with Crippen LogP contribution in [0.25, 0.3) is 0 Å². The summed E-state index contributed by atoms with van der Waals surface area (Å²) in [6, 6.07) is 0. The molecule has 0 atom stereocenters. The molecule has 1 N–H and O–H groups in total. The average Bonchev–Trinajstić information content (AvgIpc) is 1.78. The first-order valence-corrected chi connectivity index (χ1v) is 5.62. The maximum atomic E-state index is 10.9. The van der Waals surface area contributed by atoms with Crippen LogP contribution in [-0.4, -0.2) is 31.3 Å².